The lowest BCUT2D eigenvalue weighted by Gasteiger charge is -2.25. The Labute approximate surface area is 199 Å². The second-order valence-electron chi connectivity index (χ2n) is 7.82. The number of carboxylic acid groups (broad SMARTS) is 1. The number of pyridine rings is 1. The molecule has 0 bridgehead atoms. The molecule has 0 radical (unpaired) electrons. The summed E-state index contributed by atoms with van der Waals surface area (Å²) in [6.45, 7) is 4.90. The lowest BCUT2D eigenvalue weighted by Crippen LogP contribution is -2.34. The second-order valence-corrected chi connectivity index (χ2v) is 8.96. The third kappa shape index (κ3) is 5.65. The Balaban J connectivity index is 0.000000751. The fourth-order valence-corrected chi connectivity index (χ4v) is 5.22. The molecule has 0 spiro atoms. The summed E-state index contributed by atoms with van der Waals surface area (Å²) >= 11 is 1.38. The van der Waals surface area contributed by atoms with Crippen LogP contribution in [0, 0.1) is 5.92 Å². The van der Waals surface area contributed by atoms with Crippen LogP contribution in [0.2, 0.25) is 0 Å². The second kappa shape index (κ2) is 10.4. The van der Waals surface area contributed by atoms with Gasteiger partial charge < -0.3 is 24.1 Å². The summed E-state index contributed by atoms with van der Waals surface area (Å²) in [5.74, 6) is -2.69. The van der Waals surface area contributed by atoms with Crippen LogP contribution >= 0.6 is 11.8 Å². The molecule has 5 atom stereocenters. The van der Waals surface area contributed by atoms with Crippen molar-refractivity contribution in [3.8, 4) is 0 Å². The average molecular weight is 492 g/mol. The summed E-state index contributed by atoms with van der Waals surface area (Å²) in [7, 11) is 0. The number of carboxylic acids is 1. The number of aliphatic carboxylic acids is 1. The van der Waals surface area contributed by atoms with Crippen molar-refractivity contribution in [1.29, 1.82) is 0 Å². The maximum atomic E-state index is 11.8. The number of carbonyl (C=O) groups is 4. The van der Waals surface area contributed by atoms with Crippen LogP contribution in [0.5, 0.6) is 0 Å². The molecular weight excluding hydrogens is 466 g/mol. The molecule has 5 unspecified atom stereocenters. The zero-order valence-electron chi connectivity index (χ0n) is 19.0. The van der Waals surface area contributed by atoms with Gasteiger partial charge in [-0.1, -0.05) is 30.0 Å². The predicted octanol–water partition coefficient (Wildman–Crippen LogP) is 2.57. The highest BCUT2D eigenvalue weighted by Gasteiger charge is 2.80. The quantitative estimate of drug-likeness (QED) is 0.471. The van der Waals surface area contributed by atoms with Crippen molar-refractivity contribution < 1.29 is 43.2 Å². The number of thioether (sulfide) groups is 1. The molecule has 182 valence electrons. The van der Waals surface area contributed by atoms with Gasteiger partial charge in [-0.2, -0.15) is 0 Å². The Morgan fingerprint density at radius 2 is 1.68 bits per heavy atom. The minimum absolute atomic E-state index is 0.0897. The van der Waals surface area contributed by atoms with Crippen LogP contribution in [0.3, 0.4) is 0 Å². The molecule has 1 aromatic heterocycles. The molecule has 2 fully saturated rings. The van der Waals surface area contributed by atoms with Gasteiger partial charge in [0, 0.05) is 44.2 Å². The zero-order chi connectivity index (χ0) is 25.0. The number of nitrogens with zero attached hydrogens (tertiary/aromatic N) is 1. The van der Waals surface area contributed by atoms with Crippen molar-refractivity contribution in [2.75, 3.05) is 6.61 Å². The predicted molar refractivity (Wildman–Crippen MR) is 120 cm³/mol. The fraction of sp³-hybridized carbons (Fsp3) is 0.435. The first-order valence-corrected chi connectivity index (χ1v) is 11.3. The Hall–Kier alpha value is -3.18. The number of hydrogen-bond acceptors (Lipinski definition) is 10. The average Bonchev–Trinajstić information content (AvgIpc) is 3.21. The maximum Gasteiger partial charge on any atom is 0.303 e. The molecule has 0 amide bonds. The molecule has 1 N–H and O–H groups in total. The van der Waals surface area contributed by atoms with Gasteiger partial charge in [-0.3, -0.25) is 24.2 Å². The van der Waals surface area contributed by atoms with E-state index in [0.717, 1.165) is 22.7 Å². The molecule has 1 aliphatic heterocycles. The number of carbonyl (C=O) groups excluding carboxylic acids is 3. The van der Waals surface area contributed by atoms with E-state index in [1.165, 1.54) is 32.5 Å². The Morgan fingerprint density at radius 3 is 2.29 bits per heavy atom. The molecular formula is C23H25NO9S. The van der Waals surface area contributed by atoms with Crippen LogP contribution < -0.4 is 0 Å². The van der Waals surface area contributed by atoms with Crippen molar-refractivity contribution in [1.82, 2.24) is 4.98 Å². The number of fused-ring (bicyclic) bond motifs is 2. The number of rotatable bonds is 6. The van der Waals surface area contributed by atoms with Crippen molar-refractivity contribution in [3.63, 3.8) is 0 Å². The van der Waals surface area contributed by atoms with E-state index in [1.807, 2.05) is 30.3 Å². The van der Waals surface area contributed by atoms with E-state index >= 15 is 0 Å². The van der Waals surface area contributed by atoms with Gasteiger partial charge in [0.05, 0.1) is 11.4 Å². The van der Waals surface area contributed by atoms with Crippen LogP contribution in [-0.4, -0.2) is 63.8 Å². The number of aromatic nitrogens is 1. The van der Waals surface area contributed by atoms with Crippen molar-refractivity contribution in [2.24, 2.45) is 5.92 Å². The molecule has 1 saturated carbocycles. The van der Waals surface area contributed by atoms with E-state index in [1.54, 1.807) is 6.20 Å². The smallest absolute Gasteiger partial charge is 0.303 e. The number of para-hydroxylation sites is 1. The van der Waals surface area contributed by atoms with E-state index in [-0.39, 0.29) is 6.61 Å². The lowest BCUT2D eigenvalue weighted by molar-refractivity contribution is -0.158. The highest BCUT2D eigenvalue weighted by molar-refractivity contribution is 8.00. The van der Waals surface area contributed by atoms with Crippen molar-refractivity contribution >= 4 is 46.5 Å². The Morgan fingerprint density at radius 1 is 1.03 bits per heavy atom. The molecule has 11 heteroatoms. The van der Waals surface area contributed by atoms with Crippen LogP contribution in [0.25, 0.3) is 10.9 Å². The zero-order valence-corrected chi connectivity index (χ0v) is 19.9. The summed E-state index contributed by atoms with van der Waals surface area (Å²) in [5, 5.41) is 8.39. The van der Waals surface area contributed by atoms with Crippen LogP contribution in [0.15, 0.2) is 41.4 Å². The van der Waals surface area contributed by atoms with Crippen LogP contribution in [0.1, 0.15) is 27.7 Å². The maximum absolute atomic E-state index is 11.8. The topological polar surface area (TPSA) is 138 Å². The first-order chi connectivity index (χ1) is 16.0. The van der Waals surface area contributed by atoms with E-state index in [9.17, 15) is 14.4 Å². The minimum Gasteiger partial charge on any atom is -0.481 e. The summed E-state index contributed by atoms with van der Waals surface area (Å²) in [6, 6.07) is 9.61. The molecule has 1 aromatic carbocycles. The van der Waals surface area contributed by atoms with E-state index in [2.05, 4.69) is 4.98 Å². The molecule has 2 aromatic rings. The number of hydrogen-bond donors (Lipinski definition) is 1. The highest BCUT2D eigenvalue weighted by Crippen LogP contribution is 2.61. The minimum atomic E-state index is -1.03. The lowest BCUT2D eigenvalue weighted by atomic mass is 10.2. The largest absolute Gasteiger partial charge is 0.481 e. The summed E-state index contributed by atoms with van der Waals surface area (Å²) in [4.78, 5) is 49.0. The van der Waals surface area contributed by atoms with Crippen LogP contribution in [-0.2, 0) is 38.1 Å². The van der Waals surface area contributed by atoms with Gasteiger partial charge in [-0.15, -0.1) is 0 Å². The first-order valence-electron chi connectivity index (χ1n) is 10.4. The van der Waals surface area contributed by atoms with E-state index in [4.69, 9.17) is 28.8 Å². The van der Waals surface area contributed by atoms with Crippen LogP contribution in [0.4, 0.5) is 0 Å². The molecule has 4 rings (SSSR count). The molecule has 10 nitrogen and oxygen atoms in total. The van der Waals surface area contributed by atoms with Gasteiger partial charge in [0.1, 0.15) is 24.3 Å². The van der Waals surface area contributed by atoms with Crippen molar-refractivity contribution in [3.05, 3.63) is 36.5 Å². The molecule has 34 heavy (non-hydrogen) atoms. The standard InChI is InChI=1S/C21H21NO7S.C2H4O2/c1-11(23)26-10-21-16(19(21)28-13(3)25)18(27-12(2)24)20(29-21)30-15-8-4-6-14-7-5-9-22-17(14)15;1-2(3)4/h4-9,16,18-20H,10H2,1-3H3;1H3,(H,3,4). The highest BCUT2D eigenvalue weighted by atomic mass is 32.2. The van der Waals surface area contributed by atoms with E-state index < -0.39 is 53.0 Å². The first kappa shape index (κ1) is 25.4. The fourth-order valence-electron chi connectivity index (χ4n) is 3.95. The van der Waals surface area contributed by atoms with Gasteiger partial charge in [-0.25, -0.2) is 0 Å². The monoisotopic (exact) mass is 491 g/mol. The van der Waals surface area contributed by atoms with Gasteiger partial charge >= 0.3 is 17.9 Å². The Bertz CT molecular complexity index is 1100. The van der Waals surface area contributed by atoms with Gasteiger partial charge in [-0.05, 0) is 12.1 Å². The molecule has 1 saturated heterocycles. The number of esters is 3. The van der Waals surface area contributed by atoms with Crippen molar-refractivity contribution in [2.45, 2.75) is 55.8 Å². The number of benzene rings is 1. The molecule has 1 aliphatic carbocycles. The summed E-state index contributed by atoms with van der Waals surface area (Å²) in [6.07, 6.45) is 0.384. The van der Waals surface area contributed by atoms with E-state index in [0.29, 0.717) is 0 Å². The molecule has 2 heterocycles. The summed E-state index contributed by atoms with van der Waals surface area (Å²) in [5.41, 5.74) is -0.803. The SMILES string of the molecule is CC(=O)O.CC(=O)OCC12OC(Sc3cccc4cccnc34)C(OC(C)=O)C1C2OC(C)=O. The normalized spacial score (nSPS) is 26.5. The Kier molecular flexibility index (Phi) is 7.78. The third-order valence-electron chi connectivity index (χ3n) is 5.16. The van der Waals surface area contributed by atoms with Gasteiger partial charge in [0.15, 0.2) is 5.60 Å². The van der Waals surface area contributed by atoms with Gasteiger partial charge in [0.25, 0.3) is 5.97 Å². The summed E-state index contributed by atoms with van der Waals surface area (Å²) < 4.78 is 22.4. The number of ether oxygens (including phenoxy) is 4. The van der Waals surface area contributed by atoms with Gasteiger partial charge in [0.2, 0.25) is 0 Å². The third-order valence-corrected chi connectivity index (χ3v) is 6.34. The molecule has 2 aliphatic rings.